The Hall–Kier alpha value is -3.17. The third-order valence-corrected chi connectivity index (χ3v) is 4.39. The summed E-state index contributed by atoms with van der Waals surface area (Å²) in [6.45, 7) is 0. The smallest absolute Gasteiger partial charge is 0.263 e. The van der Waals surface area contributed by atoms with Gasteiger partial charge in [-0.2, -0.15) is 0 Å². The zero-order chi connectivity index (χ0) is 17.9. The molecule has 0 N–H and O–H groups in total. The minimum Gasteiger partial charge on any atom is -0.268 e. The van der Waals surface area contributed by atoms with Crippen LogP contribution in [0.15, 0.2) is 91.3 Å². The van der Waals surface area contributed by atoms with Crippen molar-refractivity contribution < 1.29 is 4.79 Å². The average Bonchev–Trinajstić information content (AvgIpc) is 3.14. The molecule has 1 aromatic heterocycles. The predicted molar refractivity (Wildman–Crippen MR) is 104 cm³/mol. The molecule has 0 spiro atoms. The van der Waals surface area contributed by atoms with E-state index in [1.165, 1.54) is 0 Å². The highest BCUT2D eigenvalue weighted by atomic mass is 35.5. The Morgan fingerprint density at radius 2 is 1.46 bits per heavy atom. The van der Waals surface area contributed by atoms with Crippen LogP contribution in [0.3, 0.4) is 0 Å². The molecule has 0 aliphatic carbocycles. The normalized spacial score (nSPS) is 10.7. The lowest BCUT2D eigenvalue weighted by molar-refractivity contribution is 0.0961. The fourth-order valence-corrected chi connectivity index (χ4v) is 3.13. The van der Waals surface area contributed by atoms with E-state index in [1.807, 2.05) is 60.7 Å². The van der Waals surface area contributed by atoms with Gasteiger partial charge in [-0.3, -0.25) is 9.36 Å². The van der Waals surface area contributed by atoms with Crippen LogP contribution in [0.25, 0.3) is 22.5 Å². The topological polar surface area (TPSA) is 34.9 Å². The maximum absolute atomic E-state index is 13.1. The quantitative estimate of drug-likeness (QED) is 0.480. The molecule has 4 rings (SSSR count). The van der Waals surface area contributed by atoms with Crippen molar-refractivity contribution in [2.45, 2.75) is 0 Å². The van der Waals surface area contributed by atoms with Crippen LogP contribution in [0.2, 0.25) is 5.02 Å². The first-order valence-corrected chi connectivity index (χ1v) is 8.60. The van der Waals surface area contributed by atoms with Gasteiger partial charge in [0.25, 0.3) is 5.91 Å². The van der Waals surface area contributed by atoms with Crippen LogP contribution in [0.5, 0.6) is 0 Å². The first-order chi connectivity index (χ1) is 12.7. The predicted octanol–water partition coefficient (Wildman–Crippen LogP) is 5.56. The Kier molecular flexibility index (Phi) is 4.38. The summed E-state index contributed by atoms with van der Waals surface area (Å²) in [5, 5.41) is 0.528. The summed E-state index contributed by atoms with van der Waals surface area (Å²) in [6, 6.07) is 26.6. The Labute approximate surface area is 156 Å². The second kappa shape index (κ2) is 6.98. The van der Waals surface area contributed by atoms with Crippen LogP contribution >= 0.6 is 11.6 Å². The lowest BCUT2D eigenvalue weighted by Gasteiger charge is -2.10. The average molecular weight is 359 g/mol. The van der Waals surface area contributed by atoms with E-state index < -0.39 is 0 Å². The first kappa shape index (κ1) is 16.3. The summed E-state index contributed by atoms with van der Waals surface area (Å²) in [5.41, 5.74) is 3.95. The highest BCUT2D eigenvalue weighted by molar-refractivity contribution is 6.31. The molecule has 3 nitrogen and oxygen atoms in total. The van der Waals surface area contributed by atoms with Crippen LogP contribution in [0.1, 0.15) is 10.4 Å². The minimum absolute atomic E-state index is 0.166. The van der Waals surface area contributed by atoms with Crippen molar-refractivity contribution in [1.29, 1.82) is 0 Å². The molecule has 4 heteroatoms. The van der Waals surface area contributed by atoms with E-state index in [9.17, 15) is 4.79 Å². The van der Waals surface area contributed by atoms with Crippen molar-refractivity contribution >= 4 is 17.5 Å². The van der Waals surface area contributed by atoms with Gasteiger partial charge in [-0.25, -0.2) is 4.98 Å². The Morgan fingerprint density at radius 1 is 0.808 bits per heavy atom. The number of aromatic nitrogens is 2. The number of imidazole rings is 1. The van der Waals surface area contributed by atoms with E-state index in [-0.39, 0.29) is 5.91 Å². The van der Waals surface area contributed by atoms with Crippen molar-refractivity contribution in [2.75, 3.05) is 0 Å². The summed E-state index contributed by atoms with van der Waals surface area (Å²) in [4.78, 5) is 17.6. The summed E-state index contributed by atoms with van der Waals surface area (Å²) in [5.74, 6) is -0.166. The van der Waals surface area contributed by atoms with Crippen LogP contribution in [-0.4, -0.2) is 15.5 Å². The molecule has 0 atom stereocenters. The number of nitrogens with zero attached hydrogens (tertiary/aromatic N) is 2. The van der Waals surface area contributed by atoms with E-state index in [4.69, 9.17) is 11.6 Å². The van der Waals surface area contributed by atoms with E-state index in [0.29, 0.717) is 10.6 Å². The molecule has 0 bridgehead atoms. The highest BCUT2D eigenvalue weighted by Crippen LogP contribution is 2.31. The molecule has 0 aliphatic rings. The second-order valence-electron chi connectivity index (χ2n) is 5.86. The van der Waals surface area contributed by atoms with Gasteiger partial charge in [-0.05, 0) is 18.2 Å². The van der Waals surface area contributed by atoms with Gasteiger partial charge in [0.2, 0.25) is 0 Å². The summed E-state index contributed by atoms with van der Waals surface area (Å²) in [6.07, 6.45) is 1.58. The largest absolute Gasteiger partial charge is 0.268 e. The van der Waals surface area contributed by atoms with E-state index in [2.05, 4.69) is 4.98 Å². The standard InChI is InChI=1S/C22H15ClN2O/c23-19-13-7-12-18(14-19)22(26)25-15-24-20(16-8-3-1-4-9-16)21(25)17-10-5-2-6-11-17/h1-15H. The fraction of sp³-hybridized carbons (Fsp3) is 0. The summed E-state index contributed by atoms with van der Waals surface area (Å²) >= 11 is 6.06. The monoisotopic (exact) mass is 358 g/mol. The van der Waals surface area contributed by atoms with Crippen molar-refractivity contribution in [3.05, 3.63) is 102 Å². The number of carbonyl (C=O) groups is 1. The van der Waals surface area contributed by atoms with Crippen LogP contribution < -0.4 is 0 Å². The lowest BCUT2D eigenvalue weighted by atomic mass is 10.0. The first-order valence-electron chi connectivity index (χ1n) is 8.22. The van der Waals surface area contributed by atoms with Crippen molar-refractivity contribution in [3.63, 3.8) is 0 Å². The summed E-state index contributed by atoms with van der Waals surface area (Å²) < 4.78 is 1.59. The Morgan fingerprint density at radius 3 is 2.12 bits per heavy atom. The molecule has 0 unspecified atom stereocenters. The fourth-order valence-electron chi connectivity index (χ4n) is 2.94. The highest BCUT2D eigenvalue weighted by Gasteiger charge is 2.20. The molecule has 0 radical (unpaired) electrons. The van der Waals surface area contributed by atoms with Gasteiger partial charge < -0.3 is 0 Å². The molecule has 0 saturated carbocycles. The van der Waals surface area contributed by atoms with Gasteiger partial charge in [-0.1, -0.05) is 78.3 Å². The molecule has 0 amide bonds. The molecule has 26 heavy (non-hydrogen) atoms. The molecule has 0 fully saturated rings. The SMILES string of the molecule is O=C(c1cccc(Cl)c1)n1cnc(-c2ccccc2)c1-c1ccccc1. The molecule has 4 aromatic rings. The third-order valence-electron chi connectivity index (χ3n) is 4.15. The number of halogens is 1. The Balaban J connectivity index is 1.91. The van der Waals surface area contributed by atoms with Crippen LogP contribution in [0.4, 0.5) is 0 Å². The molecular formula is C22H15ClN2O. The van der Waals surface area contributed by atoms with Crippen molar-refractivity contribution in [3.8, 4) is 22.5 Å². The second-order valence-corrected chi connectivity index (χ2v) is 6.30. The zero-order valence-corrected chi connectivity index (χ0v) is 14.6. The molecule has 0 saturated heterocycles. The van der Waals surface area contributed by atoms with Crippen molar-refractivity contribution in [1.82, 2.24) is 9.55 Å². The zero-order valence-electron chi connectivity index (χ0n) is 13.8. The Bertz CT molecular complexity index is 1060. The number of hydrogen-bond acceptors (Lipinski definition) is 2. The van der Waals surface area contributed by atoms with Crippen molar-refractivity contribution in [2.24, 2.45) is 0 Å². The van der Waals surface area contributed by atoms with Crippen LogP contribution in [-0.2, 0) is 0 Å². The minimum atomic E-state index is -0.166. The molecule has 0 aliphatic heterocycles. The number of hydrogen-bond donors (Lipinski definition) is 0. The number of rotatable bonds is 3. The van der Waals surface area contributed by atoms with Gasteiger partial charge in [-0.15, -0.1) is 0 Å². The van der Waals surface area contributed by atoms with Gasteiger partial charge in [0.15, 0.2) is 0 Å². The maximum atomic E-state index is 13.1. The van der Waals surface area contributed by atoms with E-state index in [1.54, 1.807) is 35.2 Å². The molecule has 126 valence electrons. The van der Waals surface area contributed by atoms with Gasteiger partial charge in [0, 0.05) is 21.7 Å². The molecule has 3 aromatic carbocycles. The number of carbonyl (C=O) groups excluding carboxylic acids is 1. The van der Waals surface area contributed by atoms with E-state index in [0.717, 1.165) is 22.5 Å². The lowest BCUT2D eigenvalue weighted by Crippen LogP contribution is -2.12. The maximum Gasteiger partial charge on any atom is 0.263 e. The van der Waals surface area contributed by atoms with Gasteiger partial charge in [0.1, 0.15) is 6.33 Å². The molecule has 1 heterocycles. The van der Waals surface area contributed by atoms with E-state index >= 15 is 0 Å². The van der Waals surface area contributed by atoms with Crippen LogP contribution in [0, 0.1) is 0 Å². The molecular weight excluding hydrogens is 344 g/mol. The van der Waals surface area contributed by atoms with Gasteiger partial charge >= 0.3 is 0 Å². The van der Waals surface area contributed by atoms with Gasteiger partial charge in [0.05, 0.1) is 11.4 Å². The number of benzene rings is 3. The third kappa shape index (κ3) is 3.05. The summed E-state index contributed by atoms with van der Waals surface area (Å²) in [7, 11) is 0.